The van der Waals surface area contributed by atoms with Gasteiger partial charge in [-0.25, -0.2) is 4.99 Å². The molecule has 1 atom stereocenters. The molecular formula is C20H26N4O3. The van der Waals surface area contributed by atoms with Crippen molar-refractivity contribution in [1.29, 1.82) is 0 Å². The van der Waals surface area contributed by atoms with Crippen molar-refractivity contribution in [2.24, 2.45) is 10.4 Å². The number of ether oxygens (including phenoxy) is 1. The van der Waals surface area contributed by atoms with Crippen molar-refractivity contribution in [2.75, 3.05) is 19.0 Å². The molecule has 1 unspecified atom stereocenters. The lowest BCUT2D eigenvalue weighted by atomic mass is 9.96. The highest BCUT2D eigenvalue weighted by atomic mass is 16.5. The zero-order chi connectivity index (χ0) is 19.6. The molecule has 0 aliphatic carbocycles. The van der Waals surface area contributed by atoms with Crippen molar-refractivity contribution in [3.63, 3.8) is 0 Å². The van der Waals surface area contributed by atoms with E-state index in [1.54, 1.807) is 24.4 Å². The van der Waals surface area contributed by atoms with E-state index >= 15 is 0 Å². The summed E-state index contributed by atoms with van der Waals surface area (Å²) in [5.41, 5.74) is 1.29. The Balaban J connectivity index is 1.65. The molecule has 144 valence electrons. The molecule has 1 aromatic carbocycles. The molecule has 0 fully saturated rings. The van der Waals surface area contributed by atoms with E-state index in [4.69, 9.17) is 4.74 Å². The van der Waals surface area contributed by atoms with E-state index in [9.17, 15) is 9.90 Å². The SMILES string of the molecule is COc1ccc(CCN2C=Nc3[nH]c(NC(=O)C(C)(C)C)cc3C2O)cc1. The van der Waals surface area contributed by atoms with Crippen LogP contribution >= 0.6 is 0 Å². The molecule has 1 aliphatic heterocycles. The molecule has 2 heterocycles. The highest BCUT2D eigenvalue weighted by Gasteiger charge is 2.26. The molecule has 0 bridgehead atoms. The number of carbonyl (C=O) groups is 1. The van der Waals surface area contributed by atoms with Crippen molar-refractivity contribution in [2.45, 2.75) is 33.4 Å². The third kappa shape index (κ3) is 4.31. The van der Waals surface area contributed by atoms with E-state index in [0.717, 1.165) is 17.7 Å². The number of aromatic amines is 1. The first-order valence-electron chi connectivity index (χ1n) is 8.93. The lowest BCUT2D eigenvalue weighted by molar-refractivity contribution is -0.123. The molecule has 3 N–H and O–H groups in total. The number of methoxy groups -OCH3 is 1. The quantitative estimate of drug-likeness (QED) is 0.754. The van der Waals surface area contributed by atoms with Gasteiger partial charge in [0.2, 0.25) is 5.91 Å². The van der Waals surface area contributed by atoms with Gasteiger partial charge in [-0.15, -0.1) is 0 Å². The maximum Gasteiger partial charge on any atom is 0.230 e. The second-order valence-electron chi connectivity index (χ2n) is 7.65. The number of nitrogens with zero attached hydrogens (tertiary/aromatic N) is 2. The maximum absolute atomic E-state index is 12.1. The highest BCUT2D eigenvalue weighted by molar-refractivity contribution is 5.94. The fourth-order valence-corrected chi connectivity index (χ4v) is 2.74. The normalized spacial score (nSPS) is 16.2. The van der Waals surface area contributed by atoms with E-state index in [-0.39, 0.29) is 5.91 Å². The minimum atomic E-state index is -0.813. The van der Waals surface area contributed by atoms with Crippen LogP contribution in [0.4, 0.5) is 11.6 Å². The molecule has 27 heavy (non-hydrogen) atoms. The van der Waals surface area contributed by atoms with Gasteiger partial charge in [0.15, 0.2) is 6.23 Å². The summed E-state index contributed by atoms with van der Waals surface area (Å²) in [5.74, 6) is 1.82. The van der Waals surface area contributed by atoms with Crippen LogP contribution in [0.15, 0.2) is 35.3 Å². The number of aliphatic hydroxyl groups is 1. The molecular weight excluding hydrogens is 344 g/mol. The Morgan fingerprint density at radius 1 is 1.33 bits per heavy atom. The summed E-state index contributed by atoms with van der Waals surface area (Å²) >= 11 is 0. The number of benzene rings is 1. The minimum absolute atomic E-state index is 0.101. The van der Waals surface area contributed by atoms with Crippen LogP contribution in [0, 0.1) is 5.41 Å². The largest absolute Gasteiger partial charge is 0.497 e. The van der Waals surface area contributed by atoms with Crippen LogP contribution in [0.5, 0.6) is 5.75 Å². The molecule has 1 aromatic heterocycles. The van der Waals surface area contributed by atoms with Crippen LogP contribution < -0.4 is 10.1 Å². The first-order chi connectivity index (χ1) is 12.8. The van der Waals surface area contributed by atoms with Gasteiger partial charge < -0.3 is 25.0 Å². The number of hydrogen-bond acceptors (Lipinski definition) is 5. The zero-order valence-electron chi connectivity index (χ0n) is 16.1. The predicted octanol–water partition coefficient (Wildman–Crippen LogP) is 3.22. The molecule has 0 saturated carbocycles. The topological polar surface area (TPSA) is 90.0 Å². The second-order valence-corrected chi connectivity index (χ2v) is 7.65. The fraction of sp³-hybridized carbons (Fsp3) is 0.400. The number of hydrogen-bond donors (Lipinski definition) is 3. The van der Waals surface area contributed by atoms with Crippen LogP contribution in [-0.4, -0.2) is 40.9 Å². The predicted molar refractivity (Wildman–Crippen MR) is 105 cm³/mol. The number of rotatable bonds is 5. The first kappa shape index (κ1) is 19.0. The van der Waals surface area contributed by atoms with E-state index in [1.807, 2.05) is 45.0 Å². The summed E-state index contributed by atoms with van der Waals surface area (Å²) in [5, 5.41) is 13.5. The number of carbonyl (C=O) groups excluding carboxylic acids is 1. The van der Waals surface area contributed by atoms with Gasteiger partial charge in [-0.3, -0.25) is 4.79 Å². The van der Waals surface area contributed by atoms with E-state index in [1.165, 1.54) is 0 Å². The zero-order valence-corrected chi connectivity index (χ0v) is 16.1. The van der Waals surface area contributed by atoms with E-state index in [2.05, 4.69) is 15.3 Å². The summed E-state index contributed by atoms with van der Waals surface area (Å²) < 4.78 is 5.17. The molecule has 2 aromatic rings. The molecule has 0 radical (unpaired) electrons. The maximum atomic E-state index is 12.1. The molecule has 1 amide bonds. The smallest absolute Gasteiger partial charge is 0.230 e. The fourth-order valence-electron chi connectivity index (χ4n) is 2.74. The van der Waals surface area contributed by atoms with Gasteiger partial charge in [-0.2, -0.15) is 0 Å². The van der Waals surface area contributed by atoms with Crippen LogP contribution in [0.25, 0.3) is 0 Å². The highest BCUT2D eigenvalue weighted by Crippen LogP contribution is 2.34. The Hall–Kier alpha value is -2.80. The summed E-state index contributed by atoms with van der Waals surface area (Å²) in [7, 11) is 1.64. The number of aromatic nitrogens is 1. The third-order valence-corrected chi connectivity index (χ3v) is 4.50. The molecule has 7 heteroatoms. The third-order valence-electron chi connectivity index (χ3n) is 4.50. The number of nitrogens with one attached hydrogen (secondary N) is 2. The van der Waals surface area contributed by atoms with Gasteiger partial charge in [0.25, 0.3) is 0 Å². The molecule has 3 rings (SSSR count). The standard InChI is InChI=1S/C20H26N4O3/c1-20(2,3)19(26)23-16-11-15-17(22-16)21-12-24(18(15)25)10-9-13-5-7-14(27-4)8-6-13/h5-8,11-12,18,22,25H,9-10H2,1-4H3,(H,23,26). The van der Waals surface area contributed by atoms with Crippen molar-refractivity contribution in [3.8, 4) is 5.75 Å². The van der Waals surface area contributed by atoms with Crippen molar-refractivity contribution in [1.82, 2.24) is 9.88 Å². The van der Waals surface area contributed by atoms with Crippen LogP contribution in [0.1, 0.15) is 38.1 Å². The lowest BCUT2D eigenvalue weighted by Crippen LogP contribution is -2.31. The monoisotopic (exact) mass is 370 g/mol. The number of fused-ring (bicyclic) bond motifs is 1. The van der Waals surface area contributed by atoms with Gasteiger partial charge in [0.1, 0.15) is 17.4 Å². The van der Waals surface area contributed by atoms with Crippen molar-refractivity contribution in [3.05, 3.63) is 41.5 Å². The molecule has 0 saturated heterocycles. The summed E-state index contributed by atoms with van der Waals surface area (Å²) in [6, 6.07) is 9.60. The number of amides is 1. The van der Waals surface area contributed by atoms with Gasteiger partial charge in [0.05, 0.1) is 13.4 Å². The molecule has 0 spiro atoms. The van der Waals surface area contributed by atoms with Crippen LogP contribution in [-0.2, 0) is 11.2 Å². The number of anilines is 1. The Kier molecular flexibility index (Phi) is 5.23. The summed E-state index contributed by atoms with van der Waals surface area (Å²) in [6.45, 7) is 6.16. The lowest BCUT2D eigenvalue weighted by Gasteiger charge is -2.28. The van der Waals surface area contributed by atoms with Gasteiger partial charge >= 0.3 is 0 Å². The van der Waals surface area contributed by atoms with E-state index < -0.39 is 11.6 Å². The van der Waals surface area contributed by atoms with Gasteiger partial charge in [-0.1, -0.05) is 32.9 Å². The van der Waals surface area contributed by atoms with Crippen molar-refractivity contribution < 1.29 is 14.6 Å². The molecule has 1 aliphatic rings. The second kappa shape index (κ2) is 7.44. The van der Waals surface area contributed by atoms with Crippen LogP contribution in [0.3, 0.4) is 0 Å². The average Bonchev–Trinajstić information content (AvgIpc) is 3.04. The first-order valence-corrected chi connectivity index (χ1v) is 8.93. The number of aliphatic hydroxyl groups excluding tert-OH is 1. The summed E-state index contributed by atoms with van der Waals surface area (Å²) in [6.07, 6.45) is 1.58. The number of H-pyrrole nitrogens is 1. The minimum Gasteiger partial charge on any atom is -0.497 e. The number of aliphatic imine (C=N–C) groups is 1. The Bertz CT molecular complexity index is 834. The molecule has 7 nitrogen and oxygen atoms in total. The van der Waals surface area contributed by atoms with Crippen LogP contribution in [0.2, 0.25) is 0 Å². The van der Waals surface area contributed by atoms with Gasteiger partial charge in [0, 0.05) is 17.5 Å². The van der Waals surface area contributed by atoms with Gasteiger partial charge in [-0.05, 0) is 30.2 Å². The van der Waals surface area contributed by atoms with E-state index in [0.29, 0.717) is 23.7 Å². The Morgan fingerprint density at radius 3 is 2.67 bits per heavy atom. The average molecular weight is 370 g/mol. The summed E-state index contributed by atoms with van der Waals surface area (Å²) in [4.78, 5) is 21.3. The Labute approximate surface area is 159 Å². The Morgan fingerprint density at radius 2 is 2.04 bits per heavy atom. The van der Waals surface area contributed by atoms with Crippen molar-refractivity contribution >= 4 is 23.9 Å².